The number of halogens is 1. The molecule has 25 heavy (non-hydrogen) atoms. The van der Waals surface area contributed by atoms with Crippen LogP contribution in [0.2, 0.25) is 0 Å². The number of aromatic hydroxyl groups is 1. The highest BCUT2D eigenvalue weighted by Gasteiger charge is 2.07. The number of phenolic OH excluding ortho intramolecular Hbond substituents is 1. The maximum atomic E-state index is 11.8. The monoisotopic (exact) mass is 406 g/mol. The Morgan fingerprint density at radius 3 is 2.64 bits per heavy atom. The fraction of sp³-hybridized carbons (Fsp3) is 0.222. The van der Waals surface area contributed by atoms with Gasteiger partial charge in [-0.25, -0.2) is 5.43 Å². The lowest BCUT2D eigenvalue weighted by Crippen LogP contribution is -2.24. The predicted octanol–water partition coefficient (Wildman–Crippen LogP) is 3.39. The van der Waals surface area contributed by atoms with Crippen molar-refractivity contribution in [1.82, 2.24) is 5.43 Å². The highest BCUT2D eigenvalue weighted by atomic mass is 79.9. The summed E-state index contributed by atoms with van der Waals surface area (Å²) in [4.78, 5) is 11.8. The number of nitrogens with zero attached hydrogens (tertiary/aromatic N) is 1. The van der Waals surface area contributed by atoms with E-state index in [1.165, 1.54) is 6.21 Å². The second kappa shape index (κ2) is 9.08. The van der Waals surface area contributed by atoms with Crippen LogP contribution in [0.25, 0.3) is 0 Å². The van der Waals surface area contributed by atoms with E-state index in [2.05, 4.69) is 26.5 Å². The molecule has 0 saturated heterocycles. The molecule has 0 aliphatic rings. The van der Waals surface area contributed by atoms with Gasteiger partial charge in [0.1, 0.15) is 5.75 Å². The number of amides is 1. The Hall–Kier alpha value is -2.54. The van der Waals surface area contributed by atoms with Crippen molar-refractivity contribution in [2.45, 2.75) is 13.8 Å². The van der Waals surface area contributed by atoms with Crippen molar-refractivity contribution in [2.75, 3.05) is 13.2 Å². The van der Waals surface area contributed by atoms with Gasteiger partial charge in [0.25, 0.3) is 5.91 Å². The Balaban J connectivity index is 1.91. The van der Waals surface area contributed by atoms with Crippen molar-refractivity contribution in [2.24, 2.45) is 5.10 Å². The van der Waals surface area contributed by atoms with Crippen LogP contribution in [0, 0.1) is 6.92 Å². The molecule has 0 aliphatic heterocycles. The second-order valence-electron chi connectivity index (χ2n) is 5.12. The molecule has 0 saturated carbocycles. The summed E-state index contributed by atoms with van der Waals surface area (Å²) >= 11 is 3.35. The summed E-state index contributed by atoms with van der Waals surface area (Å²) < 4.78 is 11.7. The van der Waals surface area contributed by atoms with E-state index in [1.807, 2.05) is 13.0 Å². The lowest BCUT2D eigenvalue weighted by atomic mass is 10.1. The Morgan fingerprint density at radius 1 is 1.28 bits per heavy atom. The van der Waals surface area contributed by atoms with Crippen LogP contribution in [0.4, 0.5) is 0 Å². The number of hydrogen-bond donors (Lipinski definition) is 2. The third kappa shape index (κ3) is 5.49. The van der Waals surface area contributed by atoms with Crippen LogP contribution in [0.15, 0.2) is 46.0 Å². The zero-order valence-corrected chi connectivity index (χ0v) is 15.5. The average molecular weight is 407 g/mol. The molecular formula is C18H19BrN2O4. The van der Waals surface area contributed by atoms with Gasteiger partial charge in [0.15, 0.2) is 18.1 Å². The van der Waals surface area contributed by atoms with E-state index < -0.39 is 5.91 Å². The summed E-state index contributed by atoms with van der Waals surface area (Å²) in [5.74, 6) is 0.761. The van der Waals surface area contributed by atoms with Crippen LogP contribution in [0.5, 0.6) is 17.2 Å². The second-order valence-corrected chi connectivity index (χ2v) is 6.04. The number of ether oxygens (including phenoxy) is 2. The molecule has 2 aromatic carbocycles. The van der Waals surface area contributed by atoms with Gasteiger partial charge in [-0.1, -0.05) is 28.1 Å². The lowest BCUT2D eigenvalue weighted by Gasteiger charge is -2.10. The summed E-state index contributed by atoms with van der Waals surface area (Å²) in [6, 6.07) is 10.6. The molecule has 7 heteroatoms. The molecule has 0 aromatic heterocycles. The van der Waals surface area contributed by atoms with E-state index in [0.717, 1.165) is 4.47 Å². The maximum absolute atomic E-state index is 11.8. The molecule has 6 nitrogen and oxygen atoms in total. The van der Waals surface area contributed by atoms with Crippen molar-refractivity contribution < 1.29 is 19.4 Å². The average Bonchev–Trinajstić information content (AvgIpc) is 2.58. The van der Waals surface area contributed by atoms with Gasteiger partial charge in [-0.3, -0.25) is 4.79 Å². The number of rotatable bonds is 7. The molecule has 2 N–H and O–H groups in total. The number of carbonyl (C=O) groups excluding carboxylic acids is 1. The molecule has 2 rings (SSSR count). The van der Waals surface area contributed by atoms with Gasteiger partial charge >= 0.3 is 0 Å². The molecule has 132 valence electrons. The molecule has 0 radical (unpaired) electrons. The van der Waals surface area contributed by atoms with Crippen LogP contribution in [-0.2, 0) is 4.79 Å². The number of hydrazone groups is 1. The molecule has 0 unspecified atom stereocenters. The fourth-order valence-electron chi connectivity index (χ4n) is 2.05. The van der Waals surface area contributed by atoms with Gasteiger partial charge in [-0.05, 0) is 43.7 Å². The van der Waals surface area contributed by atoms with Crippen LogP contribution >= 0.6 is 15.9 Å². The zero-order chi connectivity index (χ0) is 18.2. The quantitative estimate of drug-likeness (QED) is 0.545. The van der Waals surface area contributed by atoms with Crippen molar-refractivity contribution in [3.05, 3.63) is 52.0 Å². The summed E-state index contributed by atoms with van der Waals surface area (Å²) in [7, 11) is 0. The highest BCUT2D eigenvalue weighted by molar-refractivity contribution is 9.10. The van der Waals surface area contributed by atoms with Gasteiger partial charge in [0, 0.05) is 10.0 Å². The van der Waals surface area contributed by atoms with Gasteiger partial charge in [0.05, 0.1) is 12.8 Å². The van der Waals surface area contributed by atoms with Crippen LogP contribution < -0.4 is 14.9 Å². The number of para-hydroxylation sites is 2. The number of phenols is 1. The lowest BCUT2D eigenvalue weighted by molar-refractivity contribution is -0.123. The van der Waals surface area contributed by atoms with Crippen molar-refractivity contribution in [1.29, 1.82) is 0 Å². The third-order valence-electron chi connectivity index (χ3n) is 3.20. The van der Waals surface area contributed by atoms with E-state index >= 15 is 0 Å². The van der Waals surface area contributed by atoms with E-state index in [9.17, 15) is 9.90 Å². The van der Waals surface area contributed by atoms with Gasteiger partial charge in [-0.2, -0.15) is 5.10 Å². The minimum Gasteiger partial charge on any atom is -0.507 e. The number of hydrogen-bond acceptors (Lipinski definition) is 5. The number of carbonyl (C=O) groups is 1. The smallest absolute Gasteiger partial charge is 0.277 e. The minimum absolute atomic E-state index is 0.114. The van der Waals surface area contributed by atoms with Gasteiger partial charge < -0.3 is 14.6 Å². The predicted molar refractivity (Wildman–Crippen MR) is 99.4 cm³/mol. The number of aryl methyl sites for hydroxylation is 1. The molecular weight excluding hydrogens is 388 g/mol. The van der Waals surface area contributed by atoms with E-state index in [4.69, 9.17) is 9.47 Å². The first-order valence-corrected chi connectivity index (χ1v) is 8.46. The maximum Gasteiger partial charge on any atom is 0.277 e. The summed E-state index contributed by atoms with van der Waals surface area (Å²) in [6.07, 6.45) is 1.37. The van der Waals surface area contributed by atoms with Crippen LogP contribution in [0.3, 0.4) is 0 Å². The van der Waals surface area contributed by atoms with Gasteiger partial charge in [-0.15, -0.1) is 0 Å². The third-order valence-corrected chi connectivity index (χ3v) is 3.65. The van der Waals surface area contributed by atoms with Crippen LogP contribution in [0.1, 0.15) is 18.1 Å². The molecule has 1 amide bonds. The fourth-order valence-corrected chi connectivity index (χ4v) is 2.64. The standard InChI is InChI=1S/C18H19BrN2O4/c1-3-24-15-6-4-5-7-16(15)25-11-17(22)21-20-10-13-9-14(19)8-12(2)18(13)23/h4-10,23H,3,11H2,1-2H3,(H,21,22)/b20-10+. The first kappa shape index (κ1) is 18.8. The van der Waals surface area contributed by atoms with E-state index in [-0.39, 0.29) is 12.4 Å². The summed E-state index contributed by atoms with van der Waals surface area (Å²) in [6.45, 7) is 3.95. The topological polar surface area (TPSA) is 80.2 Å². The van der Waals surface area contributed by atoms with Crippen molar-refractivity contribution in [3.63, 3.8) is 0 Å². The minimum atomic E-state index is -0.422. The van der Waals surface area contributed by atoms with E-state index in [0.29, 0.717) is 29.2 Å². The summed E-state index contributed by atoms with van der Waals surface area (Å²) in [5.41, 5.74) is 3.56. The zero-order valence-electron chi connectivity index (χ0n) is 14.0. The Morgan fingerprint density at radius 2 is 1.96 bits per heavy atom. The Labute approximate surface area is 154 Å². The molecule has 0 fully saturated rings. The normalized spacial score (nSPS) is 10.7. The number of benzene rings is 2. The molecule has 0 aliphatic carbocycles. The number of nitrogens with one attached hydrogen (secondary N) is 1. The summed E-state index contributed by atoms with van der Waals surface area (Å²) in [5, 5.41) is 13.8. The van der Waals surface area contributed by atoms with E-state index in [1.54, 1.807) is 37.3 Å². The molecule has 0 bridgehead atoms. The van der Waals surface area contributed by atoms with Crippen LogP contribution in [-0.4, -0.2) is 30.4 Å². The first-order chi connectivity index (χ1) is 12.0. The molecule has 0 atom stereocenters. The van der Waals surface area contributed by atoms with Crippen molar-refractivity contribution >= 4 is 28.1 Å². The Kier molecular flexibility index (Phi) is 6.82. The highest BCUT2D eigenvalue weighted by Crippen LogP contribution is 2.26. The first-order valence-electron chi connectivity index (χ1n) is 7.67. The SMILES string of the molecule is CCOc1ccccc1OCC(=O)N/N=C/c1cc(Br)cc(C)c1O. The molecule has 0 heterocycles. The molecule has 2 aromatic rings. The Bertz CT molecular complexity index is 778. The van der Waals surface area contributed by atoms with Gasteiger partial charge in [0.2, 0.25) is 0 Å². The largest absolute Gasteiger partial charge is 0.507 e. The molecule has 0 spiro atoms. The van der Waals surface area contributed by atoms with Crippen molar-refractivity contribution in [3.8, 4) is 17.2 Å².